The molecule has 5 rings (SSSR count). The largest absolute Gasteiger partial charge is 0.481 e. The van der Waals surface area contributed by atoms with E-state index in [1.54, 1.807) is 6.92 Å². The summed E-state index contributed by atoms with van der Waals surface area (Å²) in [4.78, 5) is 37.2. The summed E-state index contributed by atoms with van der Waals surface area (Å²) in [5.41, 5.74) is 5.38. The summed E-state index contributed by atoms with van der Waals surface area (Å²) >= 11 is 0. The van der Waals surface area contributed by atoms with E-state index < -0.39 is 36.0 Å². The molecule has 1 saturated carbocycles. The third-order valence-corrected chi connectivity index (χ3v) is 7.50. The maximum Gasteiger partial charge on any atom is 0.407 e. The van der Waals surface area contributed by atoms with Gasteiger partial charge in [0.1, 0.15) is 12.6 Å². The van der Waals surface area contributed by atoms with E-state index in [0.29, 0.717) is 6.42 Å². The van der Waals surface area contributed by atoms with E-state index >= 15 is 0 Å². The van der Waals surface area contributed by atoms with Crippen LogP contribution in [0.5, 0.6) is 0 Å². The second-order valence-corrected chi connectivity index (χ2v) is 10.1. The smallest absolute Gasteiger partial charge is 0.407 e. The molecule has 3 aromatic rings. The van der Waals surface area contributed by atoms with Crippen molar-refractivity contribution in [3.05, 3.63) is 95.6 Å². The highest BCUT2D eigenvalue weighted by atomic mass is 16.5. The number of amides is 2. The normalized spacial score (nSPS) is 18.8. The average molecular weight is 529 g/mol. The summed E-state index contributed by atoms with van der Waals surface area (Å²) in [6.07, 6.45) is -0.859. The van der Waals surface area contributed by atoms with Gasteiger partial charge in [0, 0.05) is 12.5 Å². The Morgan fingerprint density at radius 2 is 1.54 bits per heavy atom. The summed E-state index contributed by atoms with van der Waals surface area (Å²) in [6.45, 7) is 2.33. The van der Waals surface area contributed by atoms with Crippen LogP contribution in [0.25, 0.3) is 11.1 Å². The topological polar surface area (TPSA) is 114 Å². The highest BCUT2D eigenvalue weighted by Gasteiger charge is 2.43. The molecule has 1 fully saturated rings. The number of ether oxygens (including phenoxy) is 2. The Labute approximate surface area is 227 Å². The minimum atomic E-state index is -1.02. The molecule has 202 valence electrons. The zero-order valence-corrected chi connectivity index (χ0v) is 21.7. The zero-order chi connectivity index (χ0) is 27.4. The van der Waals surface area contributed by atoms with Crippen molar-refractivity contribution in [3.63, 3.8) is 0 Å². The van der Waals surface area contributed by atoms with Crippen molar-refractivity contribution in [3.8, 4) is 11.1 Å². The van der Waals surface area contributed by atoms with Crippen molar-refractivity contribution < 1.29 is 29.0 Å². The molecule has 2 amide bonds. The molecular formula is C31H32N2O6. The van der Waals surface area contributed by atoms with Gasteiger partial charge in [0.2, 0.25) is 5.91 Å². The molecule has 2 aliphatic carbocycles. The molecule has 0 spiro atoms. The maximum atomic E-state index is 13.1. The zero-order valence-electron chi connectivity index (χ0n) is 21.7. The first-order valence-electron chi connectivity index (χ1n) is 13.2. The quantitative estimate of drug-likeness (QED) is 0.341. The molecule has 4 atom stereocenters. The number of rotatable bonds is 11. The Kier molecular flexibility index (Phi) is 7.93. The van der Waals surface area contributed by atoms with Gasteiger partial charge >= 0.3 is 12.1 Å². The van der Waals surface area contributed by atoms with E-state index in [1.165, 1.54) is 0 Å². The number of alkyl carbamates (subject to hydrolysis) is 1. The molecule has 2 unspecified atom stereocenters. The molecule has 0 aliphatic heterocycles. The molecule has 0 bridgehead atoms. The predicted molar refractivity (Wildman–Crippen MR) is 145 cm³/mol. The summed E-state index contributed by atoms with van der Waals surface area (Å²) in [7, 11) is 0. The van der Waals surface area contributed by atoms with E-state index in [-0.39, 0.29) is 31.6 Å². The van der Waals surface area contributed by atoms with Gasteiger partial charge in [0.15, 0.2) is 0 Å². The van der Waals surface area contributed by atoms with Gasteiger partial charge < -0.3 is 25.2 Å². The lowest BCUT2D eigenvalue weighted by Crippen LogP contribution is -2.53. The number of carboxylic acid groups (broad SMARTS) is 1. The van der Waals surface area contributed by atoms with E-state index in [0.717, 1.165) is 27.8 Å². The molecule has 0 saturated heterocycles. The molecule has 3 aromatic carbocycles. The third-order valence-electron chi connectivity index (χ3n) is 7.50. The minimum Gasteiger partial charge on any atom is -0.481 e. The van der Waals surface area contributed by atoms with Crippen LogP contribution in [0.3, 0.4) is 0 Å². The number of fused-ring (bicyclic) bond motifs is 3. The number of benzene rings is 3. The number of aliphatic carboxylic acids is 1. The van der Waals surface area contributed by atoms with Crippen LogP contribution in [0.15, 0.2) is 78.9 Å². The first-order chi connectivity index (χ1) is 18.9. The lowest BCUT2D eigenvalue weighted by molar-refractivity contribution is -0.139. The molecule has 39 heavy (non-hydrogen) atoms. The van der Waals surface area contributed by atoms with Gasteiger partial charge in [-0.2, -0.15) is 0 Å². The Morgan fingerprint density at radius 3 is 2.15 bits per heavy atom. The fraction of sp³-hybridized carbons (Fsp3) is 0.323. The highest BCUT2D eigenvalue weighted by Crippen LogP contribution is 2.44. The number of hydrogen-bond acceptors (Lipinski definition) is 5. The van der Waals surface area contributed by atoms with Gasteiger partial charge in [-0.3, -0.25) is 9.59 Å². The van der Waals surface area contributed by atoms with Crippen LogP contribution >= 0.6 is 0 Å². The molecule has 0 heterocycles. The van der Waals surface area contributed by atoms with Crippen LogP contribution < -0.4 is 10.6 Å². The number of carbonyl (C=O) groups is 3. The predicted octanol–water partition coefficient (Wildman–Crippen LogP) is 4.34. The highest BCUT2D eigenvalue weighted by molar-refractivity contribution is 5.86. The Hall–Kier alpha value is -4.17. The van der Waals surface area contributed by atoms with E-state index in [1.807, 2.05) is 66.7 Å². The molecule has 8 nitrogen and oxygen atoms in total. The lowest BCUT2D eigenvalue weighted by atomic mass is 9.98. The van der Waals surface area contributed by atoms with Gasteiger partial charge in [-0.25, -0.2) is 4.79 Å². The van der Waals surface area contributed by atoms with E-state index in [2.05, 4.69) is 22.8 Å². The van der Waals surface area contributed by atoms with Gasteiger partial charge in [-0.15, -0.1) is 0 Å². The Balaban J connectivity index is 1.23. The van der Waals surface area contributed by atoms with Gasteiger partial charge in [-0.05, 0) is 47.1 Å². The summed E-state index contributed by atoms with van der Waals surface area (Å²) in [5.74, 6) is -1.96. The van der Waals surface area contributed by atoms with E-state index in [4.69, 9.17) is 14.6 Å². The summed E-state index contributed by atoms with van der Waals surface area (Å²) in [6, 6.07) is 24.7. The fourth-order valence-corrected chi connectivity index (χ4v) is 5.18. The third kappa shape index (κ3) is 6.12. The van der Waals surface area contributed by atoms with Gasteiger partial charge in [-0.1, -0.05) is 78.9 Å². The van der Waals surface area contributed by atoms with Gasteiger partial charge in [0.25, 0.3) is 0 Å². The lowest BCUT2D eigenvalue weighted by Gasteiger charge is -2.25. The monoisotopic (exact) mass is 528 g/mol. The number of carboxylic acids is 1. The Morgan fingerprint density at radius 1 is 0.923 bits per heavy atom. The molecule has 8 heteroatoms. The average Bonchev–Trinajstić information content (AvgIpc) is 3.68. The van der Waals surface area contributed by atoms with Crippen LogP contribution in [0.4, 0.5) is 4.79 Å². The number of nitrogens with one attached hydrogen (secondary N) is 2. The molecule has 0 aromatic heterocycles. The molecule has 0 radical (unpaired) electrons. The van der Waals surface area contributed by atoms with Crippen LogP contribution in [0.1, 0.15) is 36.0 Å². The van der Waals surface area contributed by atoms with Crippen molar-refractivity contribution in [2.75, 3.05) is 13.2 Å². The maximum absolute atomic E-state index is 13.1. The number of carbonyl (C=O) groups excluding carboxylic acids is 2. The number of hydrogen-bond donors (Lipinski definition) is 3. The first-order valence-corrected chi connectivity index (χ1v) is 13.2. The van der Waals surface area contributed by atoms with E-state index in [9.17, 15) is 14.4 Å². The minimum absolute atomic E-state index is 0.106. The Bertz CT molecular complexity index is 1300. The molecule has 3 N–H and O–H groups in total. The SMILES string of the molecule is C[C@H](OCc1ccccc1)[C@@H](NC(=O)OCC1c2ccccc2-c2ccccc21)C(=O)NCC1CC1C(=O)O. The van der Waals surface area contributed by atoms with Crippen LogP contribution in [-0.2, 0) is 25.7 Å². The first kappa shape index (κ1) is 26.4. The van der Waals surface area contributed by atoms with Crippen LogP contribution in [0.2, 0.25) is 0 Å². The second-order valence-electron chi connectivity index (χ2n) is 10.1. The standard InChI is InChI=1S/C31H32N2O6/c1-19(38-17-20-9-3-2-4-10-20)28(29(34)32-16-21-15-26(21)30(35)36)33-31(37)39-18-27-24-13-7-5-11-22(24)23-12-6-8-14-25(23)27/h2-14,19,21,26-28H,15-18H2,1H3,(H,32,34)(H,33,37)(H,35,36)/t19-,21?,26?,28+/m0/s1. The summed E-state index contributed by atoms with van der Waals surface area (Å²) < 4.78 is 11.6. The molecular weight excluding hydrogens is 496 g/mol. The summed E-state index contributed by atoms with van der Waals surface area (Å²) in [5, 5.41) is 14.6. The van der Waals surface area contributed by atoms with Crippen molar-refractivity contribution in [2.45, 2.75) is 38.0 Å². The van der Waals surface area contributed by atoms with Crippen molar-refractivity contribution in [1.82, 2.24) is 10.6 Å². The van der Waals surface area contributed by atoms with Crippen molar-refractivity contribution >= 4 is 18.0 Å². The fourth-order valence-electron chi connectivity index (χ4n) is 5.18. The van der Waals surface area contributed by atoms with Crippen LogP contribution in [-0.4, -0.2) is 48.4 Å². The molecule has 2 aliphatic rings. The van der Waals surface area contributed by atoms with Crippen molar-refractivity contribution in [2.24, 2.45) is 11.8 Å². The second kappa shape index (κ2) is 11.7. The van der Waals surface area contributed by atoms with Crippen LogP contribution in [0, 0.1) is 11.8 Å². The van der Waals surface area contributed by atoms with Gasteiger partial charge in [0.05, 0.1) is 18.6 Å². The van der Waals surface area contributed by atoms with Crippen molar-refractivity contribution in [1.29, 1.82) is 0 Å².